The third-order valence-corrected chi connectivity index (χ3v) is 4.08. The summed E-state index contributed by atoms with van der Waals surface area (Å²) in [6.07, 6.45) is 0. The van der Waals surface area contributed by atoms with Crippen LogP contribution in [0.25, 0.3) is 0 Å². The number of halogens is 2. The number of benzene rings is 1. The summed E-state index contributed by atoms with van der Waals surface area (Å²) in [5, 5.41) is 2.89. The highest BCUT2D eigenvalue weighted by Gasteiger charge is 2.16. The number of hydrogen-bond donors (Lipinski definition) is 1. The Morgan fingerprint density at radius 3 is 2.52 bits per heavy atom. The molecular weight excluding hydrogens is 296 g/mol. The summed E-state index contributed by atoms with van der Waals surface area (Å²) in [6.45, 7) is 4.38. The lowest BCUT2D eigenvalue weighted by Gasteiger charge is -2.10. The number of rotatable bonds is 4. The summed E-state index contributed by atoms with van der Waals surface area (Å²) in [4.78, 5) is 13.7. The monoisotopic (exact) mass is 311 g/mol. The van der Waals surface area contributed by atoms with Gasteiger partial charge in [-0.25, -0.2) is 13.6 Å². The lowest BCUT2D eigenvalue weighted by molar-refractivity contribution is 0.0595. The third-order valence-electron chi connectivity index (χ3n) is 3.08. The Kier molecular flexibility index (Phi) is 4.57. The van der Waals surface area contributed by atoms with Crippen molar-refractivity contribution in [3.05, 3.63) is 50.7 Å². The van der Waals surface area contributed by atoms with Crippen LogP contribution in [0.3, 0.4) is 0 Å². The van der Waals surface area contributed by atoms with Gasteiger partial charge in [0.2, 0.25) is 0 Å². The van der Waals surface area contributed by atoms with Gasteiger partial charge in [-0.15, -0.1) is 11.3 Å². The van der Waals surface area contributed by atoms with Gasteiger partial charge in [0.1, 0.15) is 11.6 Å². The minimum Gasteiger partial charge on any atom is -0.465 e. The fourth-order valence-corrected chi connectivity index (χ4v) is 2.95. The maximum Gasteiger partial charge on any atom is 0.340 e. The highest BCUT2D eigenvalue weighted by molar-refractivity contribution is 7.12. The van der Waals surface area contributed by atoms with E-state index < -0.39 is 17.6 Å². The van der Waals surface area contributed by atoms with Crippen LogP contribution in [-0.2, 0) is 11.3 Å². The van der Waals surface area contributed by atoms with Crippen molar-refractivity contribution in [1.29, 1.82) is 0 Å². The number of anilines is 1. The van der Waals surface area contributed by atoms with E-state index in [2.05, 4.69) is 10.1 Å². The van der Waals surface area contributed by atoms with Crippen LogP contribution in [0.15, 0.2) is 18.2 Å². The molecule has 1 heterocycles. The summed E-state index contributed by atoms with van der Waals surface area (Å²) >= 11 is 1.65. The lowest BCUT2D eigenvalue weighted by Crippen LogP contribution is -2.08. The average molecular weight is 311 g/mol. The van der Waals surface area contributed by atoms with E-state index in [1.165, 1.54) is 4.88 Å². The van der Waals surface area contributed by atoms with Gasteiger partial charge in [0.25, 0.3) is 0 Å². The molecule has 0 unspecified atom stereocenters. The van der Waals surface area contributed by atoms with E-state index in [0.717, 1.165) is 23.6 Å². The number of carbonyl (C=O) groups is 1. The van der Waals surface area contributed by atoms with Crippen molar-refractivity contribution in [3.8, 4) is 0 Å². The first kappa shape index (κ1) is 15.4. The number of thiophene rings is 1. The van der Waals surface area contributed by atoms with Gasteiger partial charge in [0.05, 0.1) is 18.4 Å². The molecule has 2 rings (SSSR count). The van der Waals surface area contributed by atoms with Crippen LogP contribution >= 0.6 is 11.3 Å². The fraction of sp³-hybridized carbons (Fsp3) is 0.267. The zero-order valence-electron chi connectivity index (χ0n) is 11.9. The molecule has 21 heavy (non-hydrogen) atoms. The molecule has 1 aromatic carbocycles. The second-order valence-electron chi connectivity index (χ2n) is 4.60. The smallest absolute Gasteiger partial charge is 0.340 e. The zero-order chi connectivity index (χ0) is 15.6. The van der Waals surface area contributed by atoms with Crippen LogP contribution in [0.2, 0.25) is 0 Å². The zero-order valence-corrected chi connectivity index (χ0v) is 12.7. The molecule has 0 radical (unpaired) electrons. The van der Waals surface area contributed by atoms with E-state index in [0.29, 0.717) is 12.6 Å². The van der Waals surface area contributed by atoms with Crippen molar-refractivity contribution in [1.82, 2.24) is 0 Å². The van der Waals surface area contributed by atoms with Crippen LogP contribution < -0.4 is 5.32 Å². The van der Waals surface area contributed by atoms with Crippen LogP contribution in [0.5, 0.6) is 0 Å². The molecule has 3 nitrogen and oxygen atoms in total. The average Bonchev–Trinajstić information content (AvgIpc) is 2.75. The van der Waals surface area contributed by atoms with E-state index in [1.807, 2.05) is 19.9 Å². The molecule has 112 valence electrons. The number of carbonyl (C=O) groups excluding carboxylic acids is 1. The first-order valence-electron chi connectivity index (χ1n) is 6.29. The van der Waals surface area contributed by atoms with Crippen molar-refractivity contribution in [2.24, 2.45) is 0 Å². The normalized spacial score (nSPS) is 10.5. The summed E-state index contributed by atoms with van der Waals surface area (Å²) in [7, 11) is 1.15. The predicted molar refractivity (Wildman–Crippen MR) is 78.8 cm³/mol. The molecule has 0 aliphatic rings. The van der Waals surface area contributed by atoms with E-state index in [1.54, 1.807) is 11.3 Å². The van der Waals surface area contributed by atoms with Crippen molar-refractivity contribution in [3.63, 3.8) is 0 Å². The number of methoxy groups -OCH3 is 1. The van der Waals surface area contributed by atoms with Gasteiger partial charge in [0.15, 0.2) is 0 Å². The first-order chi connectivity index (χ1) is 9.92. The Bertz CT molecular complexity index is 683. The van der Waals surface area contributed by atoms with Gasteiger partial charge >= 0.3 is 5.97 Å². The van der Waals surface area contributed by atoms with Crippen LogP contribution in [0, 0.1) is 25.5 Å². The Labute approximate surface area is 125 Å². The molecule has 0 bridgehead atoms. The highest BCUT2D eigenvalue weighted by atomic mass is 32.1. The SMILES string of the molecule is COC(=O)c1cc(NCc2cc(C)sc2C)c(F)cc1F. The molecular formula is C15H15F2NO2S. The molecule has 0 aliphatic heterocycles. The van der Waals surface area contributed by atoms with Gasteiger partial charge < -0.3 is 10.1 Å². The topological polar surface area (TPSA) is 38.3 Å². The fourth-order valence-electron chi connectivity index (χ4n) is 2.00. The first-order valence-corrected chi connectivity index (χ1v) is 7.11. The molecule has 0 amide bonds. The second kappa shape index (κ2) is 6.22. The van der Waals surface area contributed by atoms with E-state index in [4.69, 9.17) is 0 Å². The molecule has 0 saturated heterocycles. The van der Waals surface area contributed by atoms with Crippen LogP contribution in [0.4, 0.5) is 14.5 Å². The van der Waals surface area contributed by atoms with Gasteiger partial charge in [0, 0.05) is 22.4 Å². The molecule has 0 spiro atoms. The molecule has 0 saturated carbocycles. The predicted octanol–water partition coefficient (Wildman–Crippen LogP) is 4.04. The molecule has 6 heteroatoms. The van der Waals surface area contributed by atoms with Crippen molar-refractivity contribution >= 4 is 23.0 Å². The minimum absolute atomic E-state index is 0.0695. The quantitative estimate of drug-likeness (QED) is 0.866. The molecule has 0 aliphatic carbocycles. The van der Waals surface area contributed by atoms with Gasteiger partial charge in [-0.3, -0.25) is 0 Å². The maximum absolute atomic E-state index is 13.8. The van der Waals surface area contributed by atoms with Crippen molar-refractivity contribution in [2.45, 2.75) is 20.4 Å². The second-order valence-corrected chi connectivity index (χ2v) is 6.06. The Balaban J connectivity index is 2.23. The standard InChI is InChI=1S/C15H15F2NO2S/c1-8-4-10(9(2)21-8)7-18-14-5-11(15(19)20-3)12(16)6-13(14)17/h4-6,18H,7H2,1-3H3. The summed E-state index contributed by atoms with van der Waals surface area (Å²) in [5.41, 5.74) is 0.820. The molecule has 1 N–H and O–H groups in total. The molecule has 2 aromatic rings. The van der Waals surface area contributed by atoms with Crippen LogP contribution in [0.1, 0.15) is 25.7 Å². The largest absolute Gasteiger partial charge is 0.465 e. The Hall–Kier alpha value is -1.95. The number of nitrogens with one attached hydrogen (secondary N) is 1. The van der Waals surface area contributed by atoms with E-state index >= 15 is 0 Å². The number of hydrogen-bond acceptors (Lipinski definition) is 4. The van der Waals surface area contributed by atoms with Crippen LogP contribution in [-0.4, -0.2) is 13.1 Å². The maximum atomic E-state index is 13.8. The van der Waals surface area contributed by atoms with Crippen molar-refractivity contribution in [2.75, 3.05) is 12.4 Å². The highest BCUT2D eigenvalue weighted by Crippen LogP contribution is 2.24. The minimum atomic E-state index is -0.938. The van der Waals surface area contributed by atoms with Gasteiger partial charge in [-0.1, -0.05) is 0 Å². The van der Waals surface area contributed by atoms with Crippen molar-refractivity contribution < 1.29 is 18.3 Å². The Morgan fingerprint density at radius 2 is 1.95 bits per heavy atom. The van der Waals surface area contributed by atoms with Gasteiger partial charge in [-0.2, -0.15) is 0 Å². The molecule has 0 atom stereocenters. The number of ether oxygens (including phenoxy) is 1. The number of esters is 1. The number of aryl methyl sites for hydroxylation is 2. The summed E-state index contributed by atoms with van der Waals surface area (Å²) < 4.78 is 31.8. The third kappa shape index (κ3) is 3.39. The Morgan fingerprint density at radius 1 is 1.24 bits per heavy atom. The molecule has 0 fully saturated rings. The molecule has 1 aromatic heterocycles. The van der Waals surface area contributed by atoms with Gasteiger partial charge in [-0.05, 0) is 31.5 Å². The summed E-state index contributed by atoms with van der Waals surface area (Å²) in [6, 6.07) is 3.82. The van der Waals surface area contributed by atoms with E-state index in [-0.39, 0.29) is 11.3 Å². The summed E-state index contributed by atoms with van der Waals surface area (Å²) in [5.74, 6) is -2.52. The van der Waals surface area contributed by atoms with E-state index in [9.17, 15) is 13.6 Å². The lowest BCUT2D eigenvalue weighted by atomic mass is 10.1.